The highest BCUT2D eigenvalue weighted by Gasteiger charge is 2.14. The van der Waals surface area contributed by atoms with E-state index in [1.54, 1.807) is 0 Å². The largest absolute Gasteiger partial charge is 0.324 e. The molecule has 1 atom stereocenters. The van der Waals surface area contributed by atoms with E-state index in [0.29, 0.717) is 0 Å². The Bertz CT molecular complexity index is 690. The molecular formula is C29H47N. The zero-order chi connectivity index (χ0) is 21.4. The molecule has 168 valence electrons. The van der Waals surface area contributed by atoms with Crippen LogP contribution < -0.4 is 5.73 Å². The van der Waals surface area contributed by atoms with Crippen LogP contribution in [0.5, 0.6) is 0 Å². The highest BCUT2D eigenvalue weighted by atomic mass is 14.6. The summed E-state index contributed by atoms with van der Waals surface area (Å²) in [5.74, 6) is 0. The normalized spacial score (nSPS) is 12.5. The molecule has 1 heteroatoms. The average molecular weight is 410 g/mol. The first-order chi connectivity index (χ1) is 14.8. The number of nitrogens with two attached hydrogens (primary N) is 1. The van der Waals surface area contributed by atoms with Gasteiger partial charge in [-0.3, -0.25) is 0 Å². The molecule has 0 fully saturated rings. The molecule has 0 aliphatic rings. The van der Waals surface area contributed by atoms with Crippen molar-refractivity contribution in [3.8, 4) is 0 Å². The monoisotopic (exact) mass is 409 g/mol. The second-order valence-corrected chi connectivity index (χ2v) is 9.25. The summed E-state index contributed by atoms with van der Waals surface area (Å²) in [4.78, 5) is 0. The van der Waals surface area contributed by atoms with Crippen LogP contribution in [0.4, 0.5) is 0 Å². The first-order valence-electron chi connectivity index (χ1n) is 13.0. The van der Waals surface area contributed by atoms with Crippen molar-refractivity contribution in [1.29, 1.82) is 0 Å². The number of hydrogen-bond donors (Lipinski definition) is 1. The van der Waals surface area contributed by atoms with Gasteiger partial charge < -0.3 is 5.73 Å². The van der Waals surface area contributed by atoms with Crippen molar-refractivity contribution in [2.45, 2.75) is 123 Å². The van der Waals surface area contributed by atoms with E-state index in [-0.39, 0.29) is 6.04 Å². The minimum absolute atomic E-state index is 0.172. The average Bonchev–Trinajstić information content (AvgIpc) is 2.77. The Labute approximate surface area is 186 Å². The number of aryl methyl sites for hydroxylation is 1. The summed E-state index contributed by atoms with van der Waals surface area (Å²) in [6.07, 6.45) is 21.7. The predicted molar refractivity (Wildman–Crippen MR) is 135 cm³/mol. The summed E-state index contributed by atoms with van der Waals surface area (Å²) in [6.45, 7) is 4.55. The molecule has 0 aromatic heterocycles. The first-order valence-corrected chi connectivity index (χ1v) is 13.0. The summed E-state index contributed by atoms with van der Waals surface area (Å²) in [5, 5.41) is 2.69. The maximum Gasteiger partial charge on any atom is 0.0303 e. The van der Waals surface area contributed by atoms with Gasteiger partial charge in [0.25, 0.3) is 0 Å². The van der Waals surface area contributed by atoms with Gasteiger partial charge in [0.05, 0.1) is 0 Å². The molecule has 0 bridgehead atoms. The van der Waals surface area contributed by atoms with Crippen molar-refractivity contribution in [1.82, 2.24) is 0 Å². The lowest BCUT2D eigenvalue weighted by molar-refractivity contribution is 0.522. The molecule has 0 radical (unpaired) electrons. The van der Waals surface area contributed by atoms with Gasteiger partial charge in [-0.25, -0.2) is 0 Å². The summed E-state index contributed by atoms with van der Waals surface area (Å²) in [6, 6.07) is 13.5. The van der Waals surface area contributed by atoms with Crippen molar-refractivity contribution in [3.05, 3.63) is 47.5 Å². The molecule has 2 aromatic rings. The number of benzene rings is 2. The molecule has 0 aliphatic heterocycles. The van der Waals surface area contributed by atoms with E-state index in [1.807, 2.05) is 0 Å². The fraction of sp³-hybridized carbons (Fsp3) is 0.655. The zero-order valence-corrected chi connectivity index (χ0v) is 19.9. The molecule has 0 amide bonds. The van der Waals surface area contributed by atoms with E-state index in [4.69, 9.17) is 5.73 Å². The molecule has 0 spiro atoms. The molecule has 0 aliphatic carbocycles. The van der Waals surface area contributed by atoms with Crippen LogP contribution in [0.1, 0.15) is 127 Å². The van der Waals surface area contributed by atoms with Crippen LogP contribution in [-0.2, 0) is 6.42 Å². The predicted octanol–water partition coefficient (Wildman–Crippen LogP) is 9.27. The van der Waals surface area contributed by atoms with Gasteiger partial charge in [-0.2, -0.15) is 0 Å². The van der Waals surface area contributed by atoms with Gasteiger partial charge in [-0.15, -0.1) is 0 Å². The Morgan fingerprint density at radius 1 is 0.633 bits per heavy atom. The highest BCUT2D eigenvalue weighted by Crippen LogP contribution is 2.30. The third kappa shape index (κ3) is 8.80. The fourth-order valence-electron chi connectivity index (χ4n) is 4.79. The SMILES string of the molecule is CCCCCCCCCCCCCCCC(N)c1c(CCC)ccc2ccccc12. The zero-order valence-electron chi connectivity index (χ0n) is 19.9. The van der Waals surface area contributed by atoms with Gasteiger partial charge in [0.15, 0.2) is 0 Å². The van der Waals surface area contributed by atoms with E-state index in [2.05, 4.69) is 50.2 Å². The third-order valence-corrected chi connectivity index (χ3v) is 6.57. The Balaban J connectivity index is 1.63. The van der Waals surface area contributed by atoms with E-state index in [1.165, 1.54) is 112 Å². The van der Waals surface area contributed by atoms with Crippen molar-refractivity contribution in [2.75, 3.05) is 0 Å². The first kappa shape index (κ1) is 24.9. The second kappa shape index (κ2) is 15.5. The van der Waals surface area contributed by atoms with Crippen LogP contribution in [0.3, 0.4) is 0 Å². The van der Waals surface area contributed by atoms with Crippen LogP contribution >= 0.6 is 0 Å². The maximum atomic E-state index is 6.73. The summed E-state index contributed by atoms with van der Waals surface area (Å²) in [7, 11) is 0. The molecule has 2 N–H and O–H groups in total. The van der Waals surface area contributed by atoms with Crippen LogP contribution in [0.15, 0.2) is 36.4 Å². The van der Waals surface area contributed by atoms with Crippen molar-refractivity contribution < 1.29 is 0 Å². The molecule has 30 heavy (non-hydrogen) atoms. The Morgan fingerprint density at radius 2 is 1.20 bits per heavy atom. The van der Waals surface area contributed by atoms with E-state index < -0.39 is 0 Å². The summed E-state index contributed by atoms with van der Waals surface area (Å²) in [5.41, 5.74) is 9.60. The Morgan fingerprint density at radius 3 is 1.80 bits per heavy atom. The van der Waals surface area contributed by atoms with Crippen molar-refractivity contribution in [3.63, 3.8) is 0 Å². The molecule has 1 nitrogen and oxygen atoms in total. The van der Waals surface area contributed by atoms with E-state index >= 15 is 0 Å². The topological polar surface area (TPSA) is 26.0 Å². The lowest BCUT2D eigenvalue weighted by atomic mass is 9.89. The minimum Gasteiger partial charge on any atom is -0.324 e. The number of rotatable bonds is 17. The van der Waals surface area contributed by atoms with Crippen molar-refractivity contribution in [2.24, 2.45) is 5.73 Å². The standard InChI is InChI=1S/C29H47N/c1-3-5-6-7-8-9-10-11-12-13-14-15-16-22-28(30)29-26(19-4-2)24-23-25-20-17-18-21-27(25)29/h17-18,20-21,23-24,28H,3-16,19,22,30H2,1-2H3. The molecule has 0 saturated heterocycles. The van der Waals surface area contributed by atoms with Gasteiger partial charge in [-0.05, 0) is 34.7 Å². The van der Waals surface area contributed by atoms with Gasteiger partial charge in [0.2, 0.25) is 0 Å². The number of hydrogen-bond acceptors (Lipinski definition) is 1. The molecule has 2 rings (SSSR count). The molecular weight excluding hydrogens is 362 g/mol. The minimum atomic E-state index is 0.172. The van der Waals surface area contributed by atoms with Gasteiger partial charge >= 0.3 is 0 Å². The number of unbranched alkanes of at least 4 members (excludes halogenated alkanes) is 12. The lowest BCUT2D eigenvalue weighted by Gasteiger charge is -2.19. The van der Waals surface area contributed by atoms with Crippen LogP contribution in [0, 0.1) is 0 Å². The molecule has 2 aromatic carbocycles. The fourth-order valence-corrected chi connectivity index (χ4v) is 4.79. The highest BCUT2D eigenvalue weighted by molar-refractivity contribution is 5.87. The Hall–Kier alpha value is -1.34. The van der Waals surface area contributed by atoms with Crippen LogP contribution in [0.2, 0.25) is 0 Å². The van der Waals surface area contributed by atoms with E-state index in [9.17, 15) is 0 Å². The van der Waals surface area contributed by atoms with Crippen LogP contribution in [-0.4, -0.2) is 0 Å². The van der Waals surface area contributed by atoms with Gasteiger partial charge in [0, 0.05) is 6.04 Å². The van der Waals surface area contributed by atoms with Crippen molar-refractivity contribution >= 4 is 10.8 Å². The summed E-state index contributed by atoms with van der Waals surface area (Å²) >= 11 is 0. The lowest BCUT2D eigenvalue weighted by Crippen LogP contribution is -2.13. The molecule has 0 saturated carbocycles. The Kier molecular flexibility index (Phi) is 12.8. The van der Waals surface area contributed by atoms with Crippen LogP contribution in [0.25, 0.3) is 10.8 Å². The van der Waals surface area contributed by atoms with Gasteiger partial charge in [-0.1, -0.05) is 140 Å². The summed E-state index contributed by atoms with van der Waals surface area (Å²) < 4.78 is 0. The molecule has 1 unspecified atom stereocenters. The second-order valence-electron chi connectivity index (χ2n) is 9.25. The maximum absolute atomic E-state index is 6.73. The third-order valence-electron chi connectivity index (χ3n) is 6.57. The smallest absolute Gasteiger partial charge is 0.0303 e. The quantitative estimate of drug-likeness (QED) is 0.259. The van der Waals surface area contributed by atoms with E-state index in [0.717, 1.165) is 12.8 Å². The number of fused-ring (bicyclic) bond motifs is 1. The van der Waals surface area contributed by atoms with Gasteiger partial charge in [0.1, 0.15) is 0 Å². The molecule has 0 heterocycles.